The number of aromatic nitrogens is 1. The highest BCUT2D eigenvalue weighted by Gasteiger charge is 2.09. The number of hydrogen-bond donors (Lipinski definition) is 2. The van der Waals surface area contributed by atoms with Gasteiger partial charge in [-0.15, -0.1) is 0 Å². The number of rotatable bonds is 4. The van der Waals surface area contributed by atoms with Gasteiger partial charge in [0.1, 0.15) is 10.8 Å². The molecule has 0 radical (unpaired) electrons. The Morgan fingerprint density at radius 1 is 1.47 bits per heavy atom. The summed E-state index contributed by atoms with van der Waals surface area (Å²) in [6.45, 7) is 4.53. The van der Waals surface area contributed by atoms with Gasteiger partial charge in [-0.3, -0.25) is 4.90 Å². The predicted octanol–water partition coefficient (Wildman–Crippen LogP) is 1.19. The summed E-state index contributed by atoms with van der Waals surface area (Å²) >= 11 is 3.47. The molecule has 2 heterocycles. The van der Waals surface area contributed by atoms with Crippen molar-refractivity contribution in [2.75, 3.05) is 48.7 Å². The molecule has 0 aromatic carbocycles. The van der Waals surface area contributed by atoms with Crippen LogP contribution in [0.2, 0.25) is 0 Å². The number of nitrogens with zero attached hydrogens (tertiary/aromatic N) is 2. The molecule has 1 aliphatic heterocycles. The van der Waals surface area contributed by atoms with Crippen LogP contribution in [0.25, 0.3) is 0 Å². The van der Waals surface area contributed by atoms with Crippen LogP contribution in [0.15, 0.2) is 6.07 Å². The Hall–Kier alpha value is -0.460. The van der Waals surface area contributed by atoms with Crippen molar-refractivity contribution in [2.24, 2.45) is 0 Å². The van der Waals surface area contributed by atoms with E-state index < -0.39 is 0 Å². The van der Waals surface area contributed by atoms with Gasteiger partial charge in [-0.2, -0.15) is 16.1 Å². The van der Waals surface area contributed by atoms with Gasteiger partial charge in [-0.1, -0.05) is 0 Å². The molecule has 84 valence electrons. The van der Waals surface area contributed by atoms with E-state index in [0.717, 1.165) is 18.1 Å². The molecule has 1 aromatic rings. The van der Waals surface area contributed by atoms with Crippen LogP contribution < -0.4 is 11.1 Å². The van der Waals surface area contributed by atoms with Crippen LogP contribution in [0.3, 0.4) is 0 Å². The first-order valence-corrected chi connectivity index (χ1v) is 7.03. The quantitative estimate of drug-likeness (QED) is 0.833. The van der Waals surface area contributed by atoms with Crippen LogP contribution in [0.4, 0.5) is 10.8 Å². The van der Waals surface area contributed by atoms with E-state index in [2.05, 4.69) is 14.6 Å². The molecule has 6 heteroatoms. The second kappa shape index (κ2) is 5.58. The summed E-state index contributed by atoms with van der Waals surface area (Å²) in [7, 11) is 0. The lowest BCUT2D eigenvalue weighted by atomic mass is 10.4. The molecule has 1 aliphatic rings. The fraction of sp³-hybridized carbons (Fsp3) is 0.667. The molecule has 15 heavy (non-hydrogen) atoms. The van der Waals surface area contributed by atoms with E-state index in [1.807, 2.05) is 17.8 Å². The zero-order valence-corrected chi connectivity index (χ0v) is 10.2. The molecule has 0 amide bonds. The fourth-order valence-corrected chi connectivity index (χ4v) is 3.11. The largest absolute Gasteiger partial charge is 0.383 e. The Labute approximate surface area is 98.4 Å². The van der Waals surface area contributed by atoms with E-state index >= 15 is 0 Å². The second-order valence-corrected chi connectivity index (χ2v) is 5.53. The molecular formula is C9H16N4S2. The van der Waals surface area contributed by atoms with Gasteiger partial charge >= 0.3 is 0 Å². The topological polar surface area (TPSA) is 54.2 Å². The Balaban J connectivity index is 1.65. The smallest absolute Gasteiger partial charge is 0.139 e. The van der Waals surface area contributed by atoms with Crippen LogP contribution >= 0.6 is 23.3 Å². The maximum Gasteiger partial charge on any atom is 0.139 e. The Bertz CT molecular complexity index is 296. The zero-order valence-electron chi connectivity index (χ0n) is 8.61. The number of thioether (sulfide) groups is 1. The molecule has 1 aromatic heterocycles. The van der Waals surface area contributed by atoms with Gasteiger partial charge < -0.3 is 11.1 Å². The molecule has 2 rings (SSSR count). The van der Waals surface area contributed by atoms with Crippen LogP contribution in [-0.4, -0.2) is 47.0 Å². The summed E-state index contributed by atoms with van der Waals surface area (Å²) in [5.41, 5.74) is 5.54. The minimum absolute atomic E-state index is 0.608. The molecule has 1 fully saturated rings. The molecule has 0 saturated carbocycles. The van der Waals surface area contributed by atoms with E-state index in [-0.39, 0.29) is 0 Å². The van der Waals surface area contributed by atoms with Crippen LogP contribution in [0.5, 0.6) is 0 Å². The number of nitrogen functional groups attached to an aromatic ring is 1. The molecular weight excluding hydrogens is 228 g/mol. The van der Waals surface area contributed by atoms with Crippen molar-refractivity contribution in [1.29, 1.82) is 0 Å². The SMILES string of the molecule is Nc1cc(NCCN2CCSCC2)sn1. The summed E-state index contributed by atoms with van der Waals surface area (Å²) in [5.74, 6) is 3.15. The van der Waals surface area contributed by atoms with E-state index in [4.69, 9.17) is 5.73 Å². The number of nitrogens with two attached hydrogens (primary N) is 1. The molecule has 1 saturated heterocycles. The normalized spacial score (nSPS) is 17.9. The molecule has 3 N–H and O–H groups in total. The van der Waals surface area contributed by atoms with Gasteiger partial charge in [0.25, 0.3) is 0 Å². The first-order chi connectivity index (χ1) is 7.34. The van der Waals surface area contributed by atoms with Gasteiger partial charge in [0.15, 0.2) is 0 Å². The first-order valence-electron chi connectivity index (χ1n) is 5.11. The number of hydrogen-bond acceptors (Lipinski definition) is 6. The zero-order chi connectivity index (χ0) is 10.5. The summed E-state index contributed by atoms with van der Waals surface area (Å²) in [6, 6.07) is 1.89. The monoisotopic (exact) mass is 244 g/mol. The number of anilines is 2. The lowest BCUT2D eigenvalue weighted by Gasteiger charge is -2.25. The van der Waals surface area contributed by atoms with Gasteiger partial charge in [0.05, 0.1) is 0 Å². The molecule has 0 atom stereocenters. The third kappa shape index (κ3) is 3.55. The summed E-state index contributed by atoms with van der Waals surface area (Å²) in [6.07, 6.45) is 0. The Morgan fingerprint density at radius 3 is 2.93 bits per heavy atom. The van der Waals surface area contributed by atoms with Gasteiger partial charge in [-0.05, 0) is 11.5 Å². The average molecular weight is 244 g/mol. The lowest BCUT2D eigenvalue weighted by molar-refractivity contribution is 0.314. The van der Waals surface area contributed by atoms with Gasteiger partial charge in [0.2, 0.25) is 0 Å². The van der Waals surface area contributed by atoms with E-state index in [1.54, 1.807) is 0 Å². The second-order valence-electron chi connectivity index (χ2n) is 3.50. The third-order valence-electron chi connectivity index (χ3n) is 2.36. The lowest BCUT2D eigenvalue weighted by Crippen LogP contribution is -2.36. The van der Waals surface area contributed by atoms with Crippen LogP contribution in [0.1, 0.15) is 0 Å². The van der Waals surface area contributed by atoms with E-state index in [9.17, 15) is 0 Å². The predicted molar refractivity (Wildman–Crippen MR) is 68.8 cm³/mol. The fourth-order valence-electron chi connectivity index (χ4n) is 1.53. The Kier molecular flexibility index (Phi) is 4.10. The summed E-state index contributed by atoms with van der Waals surface area (Å²) in [4.78, 5) is 2.49. The van der Waals surface area contributed by atoms with Gasteiger partial charge in [0, 0.05) is 43.8 Å². The van der Waals surface area contributed by atoms with Crippen molar-refractivity contribution in [3.05, 3.63) is 6.07 Å². The maximum absolute atomic E-state index is 5.54. The Morgan fingerprint density at radius 2 is 2.27 bits per heavy atom. The minimum atomic E-state index is 0.608. The molecule has 0 spiro atoms. The maximum atomic E-state index is 5.54. The van der Waals surface area contributed by atoms with E-state index in [1.165, 1.54) is 36.1 Å². The van der Waals surface area contributed by atoms with Crippen molar-refractivity contribution >= 4 is 34.1 Å². The highest BCUT2D eigenvalue weighted by atomic mass is 32.2. The average Bonchev–Trinajstić information content (AvgIpc) is 2.66. The van der Waals surface area contributed by atoms with Crippen molar-refractivity contribution in [3.8, 4) is 0 Å². The highest BCUT2D eigenvalue weighted by molar-refractivity contribution is 7.99. The molecule has 4 nitrogen and oxygen atoms in total. The van der Waals surface area contributed by atoms with Crippen molar-refractivity contribution in [2.45, 2.75) is 0 Å². The van der Waals surface area contributed by atoms with Crippen molar-refractivity contribution < 1.29 is 0 Å². The highest BCUT2D eigenvalue weighted by Crippen LogP contribution is 2.17. The van der Waals surface area contributed by atoms with E-state index in [0.29, 0.717) is 5.82 Å². The van der Waals surface area contributed by atoms with Crippen LogP contribution in [0, 0.1) is 0 Å². The first kappa shape index (κ1) is 11.0. The van der Waals surface area contributed by atoms with Crippen molar-refractivity contribution in [1.82, 2.24) is 9.27 Å². The molecule has 0 unspecified atom stereocenters. The number of nitrogens with one attached hydrogen (secondary N) is 1. The summed E-state index contributed by atoms with van der Waals surface area (Å²) in [5, 5.41) is 4.41. The molecule has 0 aliphatic carbocycles. The molecule has 0 bridgehead atoms. The van der Waals surface area contributed by atoms with Crippen molar-refractivity contribution in [3.63, 3.8) is 0 Å². The standard InChI is InChI=1S/C9H16N4S2/c10-8-7-9(15-12-8)11-1-2-13-3-5-14-6-4-13/h7,11H,1-6H2,(H2,10,12). The van der Waals surface area contributed by atoms with Gasteiger partial charge in [-0.25, -0.2) is 0 Å². The van der Waals surface area contributed by atoms with Crippen LogP contribution in [-0.2, 0) is 0 Å². The summed E-state index contributed by atoms with van der Waals surface area (Å²) < 4.78 is 4.02. The minimum Gasteiger partial charge on any atom is -0.383 e. The third-order valence-corrected chi connectivity index (χ3v) is 4.06.